The third-order valence-corrected chi connectivity index (χ3v) is 3.10. The van der Waals surface area contributed by atoms with Crippen LogP contribution in [-0.4, -0.2) is 35.2 Å². The third-order valence-electron chi connectivity index (χ3n) is 2.91. The number of halogens is 1. The van der Waals surface area contributed by atoms with E-state index >= 15 is 0 Å². The molecule has 1 aliphatic heterocycles. The number of hydrogen-bond acceptors (Lipinski definition) is 3. The number of nitrogens with zero attached hydrogens (tertiary/aromatic N) is 3. The SMILES string of the molecule is CC1CN(C2CCCC2)C=NC(Cl)=N1. The molecule has 0 amide bonds. The second-order valence-electron chi connectivity index (χ2n) is 4.13. The lowest BCUT2D eigenvalue weighted by Gasteiger charge is -2.26. The van der Waals surface area contributed by atoms with Gasteiger partial charge in [-0.05, 0) is 31.4 Å². The summed E-state index contributed by atoms with van der Waals surface area (Å²) >= 11 is 5.81. The minimum Gasteiger partial charge on any atom is -0.357 e. The first-order chi connectivity index (χ1) is 6.75. The molecule has 0 N–H and O–H groups in total. The molecule has 2 rings (SSSR count). The Bertz CT molecular complexity index is 256. The van der Waals surface area contributed by atoms with E-state index in [1.807, 2.05) is 6.34 Å². The van der Waals surface area contributed by atoms with Crippen molar-refractivity contribution in [2.75, 3.05) is 6.54 Å². The number of rotatable bonds is 1. The van der Waals surface area contributed by atoms with E-state index in [0.29, 0.717) is 11.3 Å². The number of amidine groups is 1. The van der Waals surface area contributed by atoms with Crippen molar-refractivity contribution >= 4 is 23.2 Å². The molecular weight excluding hydrogens is 198 g/mol. The average Bonchev–Trinajstić information content (AvgIpc) is 2.59. The molecule has 0 saturated heterocycles. The van der Waals surface area contributed by atoms with E-state index in [9.17, 15) is 0 Å². The zero-order valence-corrected chi connectivity index (χ0v) is 9.24. The van der Waals surface area contributed by atoms with Crippen LogP contribution >= 0.6 is 11.6 Å². The first kappa shape index (κ1) is 9.97. The van der Waals surface area contributed by atoms with Crippen LogP contribution in [0.5, 0.6) is 0 Å². The van der Waals surface area contributed by atoms with Gasteiger partial charge < -0.3 is 4.90 Å². The Hall–Kier alpha value is -0.570. The van der Waals surface area contributed by atoms with Crippen molar-refractivity contribution in [1.82, 2.24) is 4.90 Å². The van der Waals surface area contributed by atoms with Crippen LogP contribution in [0.3, 0.4) is 0 Å². The van der Waals surface area contributed by atoms with Crippen molar-refractivity contribution in [2.24, 2.45) is 9.98 Å². The summed E-state index contributed by atoms with van der Waals surface area (Å²) < 4.78 is 0. The lowest BCUT2D eigenvalue weighted by molar-refractivity contribution is 0.312. The molecule has 4 heteroatoms. The maximum Gasteiger partial charge on any atom is 0.219 e. The van der Waals surface area contributed by atoms with Crippen LogP contribution in [-0.2, 0) is 0 Å². The number of aliphatic imine (C=N–C) groups is 2. The molecule has 14 heavy (non-hydrogen) atoms. The summed E-state index contributed by atoms with van der Waals surface area (Å²) in [6, 6.07) is 0.921. The smallest absolute Gasteiger partial charge is 0.219 e. The summed E-state index contributed by atoms with van der Waals surface area (Å²) in [5.74, 6) is 0. The Labute approximate surface area is 89.9 Å². The van der Waals surface area contributed by atoms with E-state index in [4.69, 9.17) is 11.6 Å². The molecule has 1 fully saturated rings. The lowest BCUT2D eigenvalue weighted by Crippen LogP contribution is -2.36. The van der Waals surface area contributed by atoms with E-state index in [0.717, 1.165) is 6.54 Å². The highest BCUT2D eigenvalue weighted by Crippen LogP contribution is 2.23. The highest BCUT2D eigenvalue weighted by Gasteiger charge is 2.23. The topological polar surface area (TPSA) is 28.0 Å². The van der Waals surface area contributed by atoms with E-state index in [1.165, 1.54) is 25.7 Å². The maximum absolute atomic E-state index is 5.81. The minimum atomic E-state index is 0.255. The Kier molecular flexibility index (Phi) is 3.06. The molecule has 0 aromatic rings. The van der Waals surface area contributed by atoms with E-state index in [-0.39, 0.29) is 6.04 Å². The third kappa shape index (κ3) is 2.27. The van der Waals surface area contributed by atoms with E-state index in [1.54, 1.807) is 0 Å². The van der Waals surface area contributed by atoms with Crippen LogP contribution in [0, 0.1) is 0 Å². The zero-order valence-electron chi connectivity index (χ0n) is 8.49. The van der Waals surface area contributed by atoms with E-state index in [2.05, 4.69) is 21.8 Å². The molecule has 2 aliphatic rings. The van der Waals surface area contributed by atoms with Gasteiger partial charge in [-0.25, -0.2) is 4.99 Å². The minimum absolute atomic E-state index is 0.255. The molecule has 1 unspecified atom stereocenters. The van der Waals surface area contributed by atoms with Crippen LogP contribution in [0.25, 0.3) is 0 Å². The van der Waals surface area contributed by atoms with Crippen molar-refractivity contribution in [3.8, 4) is 0 Å². The van der Waals surface area contributed by atoms with Gasteiger partial charge in [-0.3, -0.25) is 4.99 Å². The molecule has 0 radical (unpaired) electrons. The molecule has 78 valence electrons. The highest BCUT2D eigenvalue weighted by molar-refractivity contribution is 6.65. The molecule has 0 spiro atoms. The monoisotopic (exact) mass is 213 g/mol. The van der Waals surface area contributed by atoms with Gasteiger partial charge in [0, 0.05) is 12.6 Å². The van der Waals surface area contributed by atoms with Gasteiger partial charge in [0.1, 0.15) is 0 Å². The van der Waals surface area contributed by atoms with Gasteiger partial charge in [0.25, 0.3) is 0 Å². The molecule has 1 aliphatic carbocycles. The van der Waals surface area contributed by atoms with Crippen molar-refractivity contribution in [1.29, 1.82) is 0 Å². The lowest BCUT2D eigenvalue weighted by atomic mass is 10.2. The van der Waals surface area contributed by atoms with Gasteiger partial charge in [-0.1, -0.05) is 12.8 Å². The van der Waals surface area contributed by atoms with Crippen molar-refractivity contribution < 1.29 is 0 Å². The van der Waals surface area contributed by atoms with Gasteiger partial charge in [-0.15, -0.1) is 0 Å². The summed E-state index contributed by atoms with van der Waals surface area (Å²) in [4.78, 5) is 10.7. The summed E-state index contributed by atoms with van der Waals surface area (Å²) in [6.07, 6.45) is 7.13. The fraction of sp³-hybridized carbons (Fsp3) is 0.800. The van der Waals surface area contributed by atoms with E-state index < -0.39 is 0 Å². The summed E-state index contributed by atoms with van der Waals surface area (Å²) in [5.41, 5.74) is 0. The fourth-order valence-electron chi connectivity index (χ4n) is 2.21. The first-order valence-corrected chi connectivity index (χ1v) is 5.67. The van der Waals surface area contributed by atoms with Crippen LogP contribution in [0.2, 0.25) is 0 Å². The van der Waals surface area contributed by atoms with Gasteiger partial charge in [-0.2, -0.15) is 0 Å². The van der Waals surface area contributed by atoms with Crippen LogP contribution in [0.1, 0.15) is 32.6 Å². The Morgan fingerprint density at radius 3 is 2.86 bits per heavy atom. The maximum atomic E-state index is 5.81. The Morgan fingerprint density at radius 1 is 1.43 bits per heavy atom. The molecule has 0 bridgehead atoms. The molecule has 1 heterocycles. The molecule has 0 aromatic heterocycles. The predicted octanol–water partition coefficient (Wildman–Crippen LogP) is 2.26. The number of hydrogen-bond donors (Lipinski definition) is 0. The summed E-state index contributed by atoms with van der Waals surface area (Å²) in [5, 5.41) is 0.387. The van der Waals surface area contributed by atoms with Crippen LogP contribution in [0.4, 0.5) is 0 Å². The zero-order chi connectivity index (χ0) is 9.97. The standard InChI is InChI=1S/C10H16ClN3/c1-8-6-14(7-12-10(11)13-8)9-4-2-3-5-9/h7-9H,2-6H2,1H3. The summed E-state index contributed by atoms with van der Waals surface area (Å²) in [7, 11) is 0. The first-order valence-electron chi connectivity index (χ1n) is 5.29. The second-order valence-corrected chi connectivity index (χ2v) is 4.46. The largest absolute Gasteiger partial charge is 0.357 e. The molecule has 1 saturated carbocycles. The highest BCUT2D eigenvalue weighted by atomic mass is 35.5. The van der Waals surface area contributed by atoms with Gasteiger partial charge in [0.15, 0.2) is 0 Å². The van der Waals surface area contributed by atoms with Crippen LogP contribution < -0.4 is 0 Å². The Balaban J connectivity index is 2.03. The van der Waals surface area contributed by atoms with Crippen molar-refractivity contribution in [3.63, 3.8) is 0 Å². The second kappa shape index (κ2) is 4.30. The van der Waals surface area contributed by atoms with Gasteiger partial charge in [0.05, 0.1) is 12.4 Å². The summed E-state index contributed by atoms with van der Waals surface area (Å²) in [6.45, 7) is 3.03. The Morgan fingerprint density at radius 2 is 2.14 bits per heavy atom. The van der Waals surface area contributed by atoms with Crippen LogP contribution in [0.15, 0.2) is 9.98 Å². The van der Waals surface area contributed by atoms with Gasteiger partial charge >= 0.3 is 0 Å². The van der Waals surface area contributed by atoms with Crippen molar-refractivity contribution in [2.45, 2.75) is 44.7 Å². The predicted molar refractivity (Wildman–Crippen MR) is 60.2 cm³/mol. The quantitative estimate of drug-likeness (QED) is 0.614. The average molecular weight is 214 g/mol. The molecular formula is C10H16ClN3. The molecule has 1 atom stereocenters. The fourth-order valence-corrected chi connectivity index (χ4v) is 2.42. The normalized spacial score (nSPS) is 29.1. The van der Waals surface area contributed by atoms with Crippen molar-refractivity contribution in [3.05, 3.63) is 0 Å². The van der Waals surface area contributed by atoms with Gasteiger partial charge in [0.2, 0.25) is 5.29 Å². The molecule has 3 nitrogen and oxygen atoms in total. The molecule has 0 aromatic carbocycles.